The minimum Gasteiger partial charge on any atom is -0.380 e. The summed E-state index contributed by atoms with van der Waals surface area (Å²) < 4.78 is 5.00. The largest absolute Gasteiger partial charge is 0.380 e. The quantitative estimate of drug-likeness (QED) is 0.473. The lowest BCUT2D eigenvalue weighted by molar-refractivity contribution is 0.225. The zero-order valence-electron chi connectivity index (χ0n) is 8.77. The monoisotopic (exact) mass is 202 g/mol. The van der Waals surface area contributed by atoms with E-state index >= 15 is 0 Å². The Morgan fingerprint density at radius 2 is 1.92 bits per heavy atom. The number of methoxy groups -OCH3 is 1. The van der Waals surface area contributed by atoms with Crippen LogP contribution in [0.4, 0.5) is 0 Å². The summed E-state index contributed by atoms with van der Waals surface area (Å²) in [6.45, 7) is 4.93. The predicted molar refractivity (Wildman–Crippen MR) is 59.3 cm³/mol. The van der Waals surface area contributed by atoms with Crippen LogP contribution < -0.4 is 0 Å². The molecule has 0 unspecified atom stereocenters. The third-order valence-corrected chi connectivity index (χ3v) is 1.98. The van der Waals surface area contributed by atoms with Crippen LogP contribution >= 0.6 is 11.6 Å². The Morgan fingerprint density at radius 3 is 2.46 bits per heavy atom. The van der Waals surface area contributed by atoms with Gasteiger partial charge in [0.2, 0.25) is 0 Å². The minimum absolute atomic E-state index is 0.618. The molecular weight excluding hydrogens is 184 g/mol. The van der Waals surface area contributed by atoms with Gasteiger partial charge < -0.3 is 4.74 Å². The molecule has 0 spiro atoms. The number of hydrogen-bond acceptors (Lipinski definition) is 1. The average Bonchev–Trinajstić information content (AvgIpc) is 2.05. The van der Waals surface area contributed by atoms with E-state index in [4.69, 9.17) is 16.3 Å². The van der Waals surface area contributed by atoms with Gasteiger partial charge in [-0.1, -0.05) is 23.3 Å². The highest BCUT2D eigenvalue weighted by atomic mass is 35.5. The first-order valence-electron chi connectivity index (χ1n) is 4.57. The van der Waals surface area contributed by atoms with Gasteiger partial charge in [-0.15, -0.1) is 11.6 Å². The molecule has 0 N–H and O–H groups in total. The van der Waals surface area contributed by atoms with Crippen LogP contribution in [0, 0.1) is 0 Å². The summed E-state index contributed by atoms with van der Waals surface area (Å²) in [7, 11) is 1.72. The Labute approximate surface area is 86.4 Å². The van der Waals surface area contributed by atoms with Gasteiger partial charge in [0.1, 0.15) is 0 Å². The summed E-state index contributed by atoms with van der Waals surface area (Å²) in [4.78, 5) is 0. The van der Waals surface area contributed by atoms with E-state index in [0.29, 0.717) is 5.88 Å². The lowest BCUT2D eigenvalue weighted by Gasteiger charge is -2.00. The topological polar surface area (TPSA) is 9.23 Å². The summed E-state index contributed by atoms with van der Waals surface area (Å²) in [6.07, 6.45) is 6.44. The van der Waals surface area contributed by atoms with Crippen molar-refractivity contribution >= 4 is 11.6 Å². The number of ether oxygens (including phenoxy) is 1. The molecule has 0 fully saturated rings. The van der Waals surface area contributed by atoms with Gasteiger partial charge in [0, 0.05) is 13.0 Å². The molecule has 1 nitrogen and oxygen atoms in total. The molecule has 0 aromatic heterocycles. The smallest absolute Gasteiger partial charge is 0.0670 e. The Kier molecular flexibility index (Phi) is 8.16. The zero-order valence-corrected chi connectivity index (χ0v) is 9.53. The Balaban J connectivity index is 3.65. The van der Waals surface area contributed by atoms with E-state index < -0.39 is 0 Å². The normalized spacial score (nSPS) is 13.5. The lowest BCUT2D eigenvalue weighted by Crippen LogP contribution is -1.89. The van der Waals surface area contributed by atoms with Crippen molar-refractivity contribution < 1.29 is 4.74 Å². The minimum atomic E-state index is 0.618. The van der Waals surface area contributed by atoms with Gasteiger partial charge in [-0.3, -0.25) is 0 Å². The predicted octanol–water partition coefficient (Wildman–Crippen LogP) is 3.54. The van der Waals surface area contributed by atoms with Gasteiger partial charge in [0.25, 0.3) is 0 Å². The van der Waals surface area contributed by atoms with Crippen molar-refractivity contribution in [1.29, 1.82) is 0 Å². The molecule has 13 heavy (non-hydrogen) atoms. The van der Waals surface area contributed by atoms with Crippen LogP contribution in [-0.4, -0.2) is 19.6 Å². The first-order valence-corrected chi connectivity index (χ1v) is 5.10. The highest BCUT2D eigenvalue weighted by Crippen LogP contribution is 2.06. The summed E-state index contributed by atoms with van der Waals surface area (Å²) in [6, 6.07) is 0. The van der Waals surface area contributed by atoms with Crippen molar-refractivity contribution in [2.75, 3.05) is 19.6 Å². The molecule has 0 amide bonds. The van der Waals surface area contributed by atoms with Gasteiger partial charge in [0.15, 0.2) is 0 Å². The maximum Gasteiger partial charge on any atom is 0.0670 e. The molecule has 0 aliphatic rings. The van der Waals surface area contributed by atoms with Gasteiger partial charge in [-0.25, -0.2) is 0 Å². The van der Waals surface area contributed by atoms with Crippen LogP contribution in [0.2, 0.25) is 0 Å². The summed E-state index contributed by atoms with van der Waals surface area (Å²) in [5, 5.41) is 0. The van der Waals surface area contributed by atoms with E-state index in [2.05, 4.69) is 26.0 Å². The van der Waals surface area contributed by atoms with Crippen molar-refractivity contribution in [3.05, 3.63) is 23.3 Å². The SMILES string of the molecule is COC/C(C)=C/CC/C(C)=C/CCl. The van der Waals surface area contributed by atoms with Crippen molar-refractivity contribution in [3.8, 4) is 0 Å². The first kappa shape index (κ1) is 12.7. The molecule has 0 aliphatic carbocycles. The molecular formula is C11H19ClO. The second-order valence-corrected chi connectivity index (χ2v) is 3.54. The highest BCUT2D eigenvalue weighted by molar-refractivity contribution is 6.18. The summed E-state index contributed by atoms with van der Waals surface area (Å²) >= 11 is 5.58. The molecule has 0 aromatic carbocycles. The molecule has 0 radical (unpaired) electrons. The highest BCUT2D eigenvalue weighted by Gasteiger charge is 1.90. The Hall–Kier alpha value is -0.270. The fraction of sp³-hybridized carbons (Fsp3) is 0.636. The van der Waals surface area contributed by atoms with Crippen LogP contribution in [-0.2, 0) is 4.74 Å². The molecule has 0 heterocycles. The van der Waals surface area contributed by atoms with Crippen LogP contribution in [0.15, 0.2) is 23.3 Å². The molecule has 0 rings (SSSR count). The second-order valence-electron chi connectivity index (χ2n) is 3.23. The summed E-state index contributed by atoms with van der Waals surface area (Å²) in [5.41, 5.74) is 2.65. The molecule has 0 aromatic rings. The maximum absolute atomic E-state index is 5.58. The molecule has 0 saturated carbocycles. The fourth-order valence-electron chi connectivity index (χ4n) is 1.07. The summed E-state index contributed by atoms with van der Waals surface area (Å²) in [5.74, 6) is 0.618. The second kappa shape index (κ2) is 8.33. The molecule has 0 atom stereocenters. The van der Waals surface area contributed by atoms with Crippen molar-refractivity contribution in [1.82, 2.24) is 0 Å². The van der Waals surface area contributed by atoms with E-state index in [1.165, 1.54) is 11.1 Å². The van der Waals surface area contributed by atoms with E-state index in [-0.39, 0.29) is 0 Å². The molecule has 0 bridgehead atoms. The Bertz CT molecular complexity index is 183. The van der Waals surface area contributed by atoms with Crippen LogP contribution in [0.1, 0.15) is 26.7 Å². The number of halogens is 1. The average molecular weight is 203 g/mol. The van der Waals surface area contributed by atoms with Crippen LogP contribution in [0.5, 0.6) is 0 Å². The number of rotatable bonds is 6. The van der Waals surface area contributed by atoms with E-state index in [1.54, 1.807) is 7.11 Å². The van der Waals surface area contributed by atoms with E-state index in [0.717, 1.165) is 19.4 Å². The van der Waals surface area contributed by atoms with Crippen LogP contribution in [0.25, 0.3) is 0 Å². The van der Waals surface area contributed by atoms with Crippen LogP contribution in [0.3, 0.4) is 0 Å². The van der Waals surface area contributed by atoms with Gasteiger partial charge in [-0.2, -0.15) is 0 Å². The molecule has 76 valence electrons. The Morgan fingerprint density at radius 1 is 1.23 bits per heavy atom. The van der Waals surface area contributed by atoms with Gasteiger partial charge in [0.05, 0.1) is 6.61 Å². The number of alkyl halides is 1. The standard InChI is InChI=1S/C11H19ClO/c1-10(7-8-12)5-4-6-11(2)9-13-3/h6-7H,4-5,8-9H2,1-3H3/b10-7+,11-6+. The van der Waals surface area contributed by atoms with E-state index in [1.807, 2.05) is 0 Å². The molecule has 0 aliphatic heterocycles. The maximum atomic E-state index is 5.58. The van der Waals surface area contributed by atoms with Gasteiger partial charge in [-0.05, 0) is 26.7 Å². The van der Waals surface area contributed by atoms with Crippen molar-refractivity contribution in [2.24, 2.45) is 0 Å². The van der Waals surface area contributed by atoms with E-state index in [9.17, 15) is 0 Å². The number of allylic oxidation sites excluding steroid dienone is 3. The molecule has 0 saturated heterocycles. The van der Waals surface area contributed by atoms with Crippen molar-refractivity contribution in [2.45, 2.75) is 26.7 Å². The fourth-order valence-corrected chi connectivity index (χ4v) is 1.33. The lowest BCUT2D eigenvalue weighted by atomic mass is 10.1. The van der Waals surface area contributed by atoms with Crippen molar-refractivity contribution in [3.63, 3.8) is 0 Å². The van der Waals surface area contributed by atoms with Gasteiger partial charge >= 0.3 is 0 Å². The third kappa shape index (κ3) is 8.07. The zero-order chi connectivity index (χ0) is 10.1. The first-order chi connectivity index (χ1) is 6.20. The molecule has 2 heteroatoms. The number of hydrogen-bond donors (Lipinski definition) is 0. The third-order valence-electron chi connectivity index (χ3n) is 1.83.